The molecule has 0 saturated carbocycles. The Hall–Kier alpha value is -5.69. The lowest BCUT2D eigenvalue weighted by Crippen LogP contribution is -2.06. The van der Waals surface area contributed by atoms with Gasteiger partial charge < -0.3 is 0 Å². The molecule has 0 amide bonds. The number of hydrogen-bond acceptors (Lipinski definition) is 7. The lowest BCUT2D eigenvalue weighted by Gasteiger charge is -2.09. The van der Waals surface area contributed by atoms with E-state index in [-0.39, 0.29) is 0 Å². The number of pyridine rings is 5. The quantitative estimate of drug-likeness (QED) is 0.240. The molecule has 0 saturated heterocycles. The molecule has 8 rings (SSSR count). The molecule has 1 aromatic carbocycles. The zero-order chi connectivity index (χ0) is 29.0. The fraction of sp³-hybridized carbons (Fsp3) is 0.0833. The number of aromatic nitrogens is 5. The normalized spacial score (nSPS) is 14.1. The smallest absolute Gasteiger partial charge is 0.0926 e. The lowest BCUT2D eigenvalue weighted by atomic mass is 9.96. The van der Waals surface area contributed by atoms with Crippen molar-refractivity contribution in [1.29, 1.82) is 0 Å². The third-order valence-corrected chi connectivity index (χ3v) is 7.34. The van der Waals surface area contributed by atoms with E-state index in [2.05, 4.69) is 67.2 Å². The summed E-state index contributed by atoms with van der Waals surface area (Å²) >= 11 is 0. The third-order valence-electron chi connectivity index (χ3n) is 7.34. The number of allylic oxidation sites excluding steroid dienone is 2. The summed E-state index contributed by atoms with van der Waals surface area (Å²) in [6.45, 7) is 3.44. The van der Waals surface area contributed by atoms with Crippen LogP contribution in [0.1, 0.15) is 28.2 Å². The molecule has 0 atom stereocenters. The van der Waals surface area contributed by atoms with Gasteiger partial charge in [0.05, 0.1) is 58.1 Å². The van der Waals surface area contributed by atoms with E-state index in [1.54, 1.807) is 12.4 Å². The second kappa shape index (κ2) is 11.7. The summed E-state index contributed by atoms with van der Waals surface area (Å²) in [4.78, 5) is 31.5. The molecule has 0 fully saturated rings. The lowest BCUT2D eigenvalue weighted by molar-refractivity contribution is 1.23. The highest BCUT2D eigenvalue weighted by Gasteiger charge is 2.20. The van der Waals surface area contributed by atoms with E-state index in [4.69, 9.17) is 4.98 Å². The summed E-state index contributed by atoms with van der Waals surface area (Å²) < 4.78 is 0. The van der Waals surface area contributed by atoms with Crippen molar-refractivity contribution in [2.45, 2.75) is 6.92 Å². The molecule has 2 aliphatic rings. The van der Waals surface area contributed by atoms with Gasteiger partial charge in [0.15, 0.2) is 0 Å². The number of rotatable bonds is 4. The average molecular weight is 558 g/mol. The van der Waals surface area contributed by atoms with Crippen LogP contribution in [0.5, 0.6) is 0 Å². The molecule has 7 heterocycles. The Morgan fingerprint density at radius 2 is 1.23 bits per heavy atom. The molecule has 206 valence electrons. The van der Waals surface area contributed by atoms with Crippen molar-refractivity contribution in [2.75, 3.05) is 13.1 Å². The number of fused-ring (bicyclic) bond motifs is 2. The standard InChI is InChI=1S/C18H14N4.C18H13N3/c1-12-6-9-20-17(11-12)18-13(7-10-21-18)14-4-5-15-16(22-14)3-2-8-19-15;1-2-6-16-14(5-1)13(8-11-20-16)15-9-12-21-18(15)17-7-3-4-10-19-17/h2-9,11H,10H2,1H3;1-11H,12H2. The van der Waals surface area contributed by atoms with Crippen molar-refractivity contribution in [3.05, 3.63) is 150 Å². The zero-order valence-corrected chi connectivity index (χ0v) is 23.6. The highest BCUT2D eigenvalue weighted by molar-refractivity contribution is 6.34. The molecule has 7 nitrogen and oxygen atoms in total. The first-order chi connectivity index (χ1) is 21.2. The number of aryl methyl sites for hydroxylation is 1. The molecule has 0 bridgehead atoms. The molecule has 7 heteroatoms. The van der Waals surface area contributed by atoms with E-state index < -0.39 is 0 Å². The minimum Gasteiger partial charge on any atom is -0.278 e. The molecule has 0 unspecified atom stereocenters. The van der Waals surface area contributed by atoms with Crippen LogP contribution in [0, 0.1) is 6.92 Å². The maximum Gasteiger partial charge on any atom is 0.0926 e. The van der Waals surface area contributed by atoms with Crippen molar-refractivity contribution in [3.8, 4) is 0 Å². The zero-order valence-electron chi connectivity index (χ0n) is 23.6. The van der Waals surface area contributed by atoms with E-state index in [0.29, 0.717) is 13.1 Å². The fourth-order valence-electron chi connectivity index (χ4n) is 5.33. The predicted molar refractivity (Wildman–Crippen MR) is 173 cm³/mol. The Morgan fingerprint density at radius 3 is 2.09 bits per heavy atom. The summed E-state index contributed by atoms with van der Waals surface area (Å²) in [5.74, 6) is 0. The Labute approximate surface area is 249 Å². The summed E-state index contributed by atoms with van der Waals surface area (Å²) in [6, 6.07) is 28.1. The first-order valence-corrected chi connectivity index (χ1v) is 14.2. The number of para-hydroxylation sites is 1. The van der Waals surface area contributed by atoms with Gasteiger partial charge in [-0.25, -0.2) is 4.98 Å². The second-order valence-electron chi connectivity index (χ2n) is 10.2. The average Bonchev–Trinajstić information content (AvgIpc) is 3.76. The highest BCUT2D eigenvalue weighted by atomic mass is 14.8. The minimum atomic E-state index is 0.674. The fourth-order valence-corrected chi connectivity index (χ4v) is 5.33. The van der Waals surface area contributed by atoms with Crippen molar-refractivity contribution < 1.29 is 0 Å². The number of benzene rings is 1. The summed E-state index contributed by atoms with van der Waals surface area (Å²) in [5.41, 5.74) is 11.9. The maximum absolute atomic E-state index is 4.72. The summed E-state index contributed by atoms with van der Waals surface area (Å²) in [5, 5.41) is 1.15. The first-order valence-electron chi connectivity index (χ1n) is 14.2. The Kier molecular flexibility index (Phi) is 7.11. The second-order valence-corrected chi connectivity index (χ2v) is 10.2. The van der Waals surface area contributed by atoms with Crippen LogP contribution in [0.2, 0.25) is 0 Å². The third kappa shape index (κ3) is 5.36. The maximum atomic E-state index is 4.72. The van der Waals surface area contributed by atoms with Gasteiger partial charge in [0.1, 0.15) is 0 Å². The molecule has 2 aliphatic heterocycles. The molecular weight excluding hydrogens is 530 g/mol. The molecule has 0 radical (unpaired) electrons. The van der Waals surface area contributed by atoms with E-state index in [1.807, 2.05) is 79.1 Å². The molecule has 0 aliphatic carbocycles. The molecule has 43 heavy (non-hydrogen) atoms. The molecule has 6 aromatic rings. The van der Waals surface area contributed by atoms with Crippen LogP contribution in [0.15, 0.2) is 132 Å². The van der Waals surface area contributed by atoms with E-state index >= 15 is 0 Å². The van der Waals surface area contributed by atoms with Crippen LogP contribution in [0.4, 0.5) is 0 Å². The topological polar surface area (TPSA) is 89.2 Å². The van der Waals surface area contributed by atoms with Gasteiger partial charge in [-0.05, 0) is 78.7 Å². The van der Waals surface area contributed by atoms with Gasteiger partial charge in [0.2, 0.25) is 0 Å². The Bertz CT molecular complexity index is 2090. The van der Waals surface area contributed by atoms with E-state index in [9.17, 15) is 0 Å². The minimum absolute atomic E-state index is 0.674. The highest BCUT2D eigenvalue weighted by Crippen LogP contribution is 2.29. The summed E-state index contributed by atoms with van der Waals surface area (Å²) in [6.07, 6.45) is 11.5. The number of nitrogens with zero attached hydrogens (tertiary/aromatic N) is 7. The van der Waals surface area contributed by atoms with Gasteiger partial charge in [-0.1, -0.05) is 36.4 Å². The van der Waals surface area contributed by atoms with E-state index in [1.165, 1.54) is 11.1 Å². The van der Waals surface area contributed by atoms with Gasteiger partial charge >= 0.3 is 0 Å². The number of hydrogen-bond donors (Lipinski definition) is 0. The van der Waals surface area contributed by atoms with Crippen LogP contribution in [0.3, 0.4) is 0 Å². The van der Waals surface area contributed by atoms with Crippen LogP contribution < -0.4 is 0 Å². The van der Waals surface area contributed by atoms with Gasteiger partial charge in [-0.15, -0.1) is 0 Å². The molecule has 0 N–H and O–H groups in total. The van der Waals surface area contributed by atoms with Crippen molar-refractivity contribution in [2.24, 2.45) is 9.98 Å². The van der Waals surface area contributed by atoms with E-state index in [0.717, 1.165) is 61.6 Å². The predicted octanol–water partition coefficient (Wildman–Crippen LogP) is 6.74. The number of aliphatic imine (C=N–C) groups is 2. The van der Waals surface area contributed by atoms with Crippen LogP contribution in [-0.4, -0.2) is 49.4 Å². The van der Waals surface area contributed by atoms with Gasteiger partial charge in [-0.2, -0.15) is 0 Å². The SMILES string of the molecule is C1=C(c2ccnc3ccccc23)C(c2ccccn2)=NC1.Cc1ccnc(C2=NCC=C2c2ccc3ncccc3n2)c1. The van der Waals surface area contributed by atoms with Gasteiger partial charge in [0.25, 0.3) is 0 Å². The molecular formula is C36H27N7. The van der Waals surface area contributed by atoms with Crippen LogP contribution in [-0.2, 0) is 0 Å². The Morgan fingerprint density at radius 1 is 0.512 bits per heavy atom. The summed E-state index contributed by atoms with van der Waals surface area (Å²) in [7, 11) is 0. The van der Waals surface area contributed by atoms with Crippen LogP contribution >= 0.6 is 0 Å². The Balaban J connectivity index is 0.000000140. The van der Waals surface area contributed by atoms with Gasteiger partial charge in [-0.3, -0.25) is 29.9 Å². The van der Waals surface area contributed by atoms with Crippen molar-refractivity contribution in [1.82, 2.24) is 24.9 Å². The van der Waals surface area contributed by atoms with Crippen molar-refractivity contribution >= 4 is 44.5 Å². The monoisotopic (exact) mass is 557 g/mol. The van der Waals surface area contributed by atoms with Crippen LogP contribution in [0.25, 0.3) is 33.1 Å². The largest absolute Gasteiger partial charge is 0.278 e. The van der Waals surface area contributed by atoms with Gasteiger partial charge in [0, 0.05) is 41.3 Å². The molecule has 5 aromatic heterocycles. The first kappa shape index (κ1) is 26.2. The molecule has 0 spiro atoms. The van der Waals surface area contributed by atoms with Crippen molar-refractivity contribution in [3.63, 3.8) is 0 Å².